The summed E-state index contributed by atoms with van der Waals surface area (Å²) in [6.07, 6.45) is 0.309. The highest BCUT2D eigenvalue weighted by Gasteiger charge is 2.12. The summed E-state index contributed by atoms with van der Waals surface area (Å²) in [7, 11) is 1.36. The van der Waals surface area contributed by atoms with Crippen LogP contribution in [0.4, 0.5) is 5.69 Å². The highest BCUT2D eigenvalue weighted by Crippen LogP contribution is 2.22. The highest BCUT2D eigenvalue weighted by atomic mass is 79.9. The molecule has 1 rings (SSSR count). The minimum Gasteiger partial charge on any atom is -0.469 e. The first kappa shape index (κ1) is 16.0. The summed E-state index contributed by atoms with van der Waals surface area (Å²) >= 11 is 4.79. The van der Waals surface area contributed by atoms with Gasteiger partial charge in [0, 0.05) is 9.72 Å². The maximum Gasteiger partial charge on any atom is 0.306 e. The van der Waals surface area contributed by atoms with E-state index in [0.717, 1.165) is 10.2 Å². The van der Waals surface area contributed by atoms with Crippen LogP contribution in [0.15, 0.2) is 28.7 Å². The number of nitrogens with one attached hydrogen (secondary N) is 1. The molecule has 19 heavy (non-hydrogen) atoms. The molecule has 104 valence electrons. The first-order valence-electron chi connectivity index (χ1n) is 5.75. The van der Waals surface area contributed by atoms with Gasteiger partial charge >= 0.3 is 5.97 Å². The number of anilines is 1. The molecule has 1 aromatic carbocycles. The number of hydrogen-bond donors (Lipinski definition) is 1. The molecule has 0 aromatic heterocycles. The second-order valence-corrected chi connectivity index (χ2v) is 6.21. The van der Waals surface area contributed by atoms with E-state index < -0.39 is 0 Å². The Bertz CT molecular complexity index is 453. The summed E-state index contributed by atoms with van der Waals surface area (Å²) in [5, 5.41) is 2.86. The summed E-state index contributed by atoms with van der Waals surface area (Å²) in [6, 6.07) is 7.42. The van der Waals surface area contributed by atoms with Gasteiger partial charge in [-0.1, -0.05) is 19.1 Å². The van der Waals surface area contributed by atoms with Gasteiger partial charge in [0.1, 0.15) is 0 Å². The number of carbonyl (C=O) groups excluding carboxylic acids is 2. The average Bonchev–Trinajstić information content (AvgIpc) is 2.39. The van der Waals surface area contributed by atoms with Gasteiger partial charge in [-0.15, -0.1) is 11.8 Å². The van der Waals surface area contributed by atoms with E-state index in [-0.39, 0.29) is 17.1 Å². The fourth-order valence-corrected chi connectivity index (χ4v) is 2.49. The molecule has 4 nitrogen and oxygen atoms in total. The number of halogens is 1. The van der Waals surface area contributed by atoms with Crippen molar-refractivity contribution in [3.8, 4) is 0 Å². The summed E-state index contributed by atoms with van der Waals surface area (Å²) in [6.45, 7) is 1.90. The van der Waals surface area contributed by atoms with Crippen molar-refractivity contribution in [2.75, 3.05) is 18.2 Å². The summed E-state index contributed by atoms with van der Waals surface area (Å²) in [5.74, 6) is -0.0423. The molecule has 0 radical (unpaired) electrons. The number of ether oxygens (including phenoxy) is 1. The van der Waals surface area contributed by atoms with E-state index in [9.17, 15) is 9.59 Å². The van der Waals surface area contributed by atoms with E-state index in [1.807, 2.05) is 31.2 Å². The number of amides is 1. The second-order valence-electron chi connectivity index (χ2n) is 3.93. The maximum atomic E-state index is 11.8. The van der Waals surface area contributed by atoms with Gasteiger partial charge in [-0.2, -0.15) is 0 Å². The first-order valence-corrected chi connectivity index (χ1v) is 7.60. The molecule has 0 spiro atoms. The van der Waals surface area contributed by atoms with Crippen molar-refractivity contribution in [3.63, 3.8) is 0 Å². The van der Waals surface area contributed by atoms with Crippen LogP contribution in [-0.4, -0.2) is 30.0 Å². The van der Waals surface area contributed by atoms with Crippen molar-refractivity contribution in [3.05, 3.63) is 28.7 Å². The lowest BCUT2D eigenvalue weighted by Crippen LogP contribution is -2.17. The van der Waals surface area contributed by atoms with Crippen molar-refractivity contribution in [2.24, 2.45) is 0 Å². The molecule has 1 aromatic rings. The number of hydrogen-bond acceptors (Lipinski definition) is 4. The molecule has 0 aliphatic heterocycles. The predicted octanol–water partition coefficient (Wildman–Crippen LogP) is 3.07. The smallest absolute Gasteiger partial charge is 0.306 e. The quantitative estimate of drug-likeness (QED) is 0.805. The van der Waals surface area contributed by atoms with Crippen molar-refractivity contribution in [2.45, 2.75) is 18.6 Å². The number of esters is 1. The minimum absolute atomic E-state index is 0.0532. The Morgan fingerprint density at radius 1 is 1.42 bits per heavy atom. The molecular formula is C13H16BrNO3S. The van der Waals surface area contributed by atoms with Crippen LogP contribution in [0.5, 0.6) is 0 Å². The Kier molecular flexibility index (Phi) is 6.94. The van der Waals surface area contributed by atoms with E-state index in [4.69, 9.17) is 0 Å². The maximum absolute atomic E-state index is 11.8. The van der Waals surface area contributed by atoms with Crippen LogP contribution in [0.2, 0.25) is 0 Å². The molecule has 1 N–H and O–H groups in total. The molecule has 0 bridgehead atoms. The van der Waals surface area contributed by atoms with Crippen LogP contribution in [0, 0.1) is 0 Å². The van der Waals surface area contributed by atoms with Crippen LogP contribution >= 0.6 is 27.7 Å². The Morgan fingerprint density at radius 2 is 2.11 bits per heavy atom. The molecule has 0 saturated heterocycles. The van der Waals surface area contributed by atoms with Gasteiger partial charge in [-0.25, -0.2) is 0 Å². The monoisotopic (exact) mass is 345 g/mol. The fourth-order valence-electron chi connectivity index (χ4n) is 1.34. The summed E-state index contributed by atoms with van der Waals surface area (Å²) < 4.78 is 5.42. The molecule has 6 heteroatoms. The molecule has 1 amide bonds. The molecule has 0 heterocycles. The Hall–Kier alpha value is -1.01. The van der Waals surface area contributed by atoms with E-state index in [1.165, 1.54) is 18.9 Å². The lowest BCUT2D eigenvalue weighted by molar-refractivity contribution is -0.140. The van der Waals surface area contributed by atoms with Crippen molar-refractivity contribution < 1.29 is 14.3 Å². The minimum atomic E-state index is -0.258. The van der Waals surface area contributed by atoms with Crippen LogP contribution in [0.1, 0.15) is 13.3 Å². The van der Waals surface area contributed by atoms with E-state index in [0.29, 0.717) is 12.2 Å². The largest absolute Gasteiger partial charge is 0.469 e. The second kappa shape index (κ2) is 8.22. The molecule has 1 unspecified atom stereocenters. The number of para-hydroxylation sites is 1. The number of carbonyl (C=O) groups is 2. The zero-order chi connectivity index (χ0) is 14.3. The normalized spacial score (nSPS) is 11.7. The molecule has 1 atom stereocenters. The van der Waals surface area contributed by atoms with Crippen molar-refractivity contribution >= 4 is 45.3 Å². The lowest BCUT2D eigenvalue weighted by atomic mass is 10.3. The zero-order valence-corrected chi connectivity index (χ0v) is 13.2. The first-order chi connectivity index (χ1) is 9.02. The Balaban J connectivity index is 2.36. The summed E-state index contributed by atoms with van der Waals surface area (Å²) in [5.41, 5.74) is 0.744. The topological polar surface area (TPSA) is 55.4 Å². The van der Waals surface area contributed by atoms with Gasteiger partial charge in [0.2, 0.25) is 5.91 Å². The van der Waals surface area contributed by atoms with Crippen LogP contribution in [0.25, 0.3) is 0 Å². The third kappa shape index (κ3) is 6.11. The van der Waals surface area contributed by atoms with Crippen molar-refractivity contribution in [1.82, 2.24) is 0 Å². The van der Waals surface area contributed by atoms with Gasteiger partial charge in [0.25, 0.3) is 0 Å². The van der Waals surface area contributed by atoms with Gasteiger partial charge in [-0.05, 0) is 28.1 Å². The highest BCUT2D eigenvalue weighted by molar-refractivity contribution is 9.10. The summed E-state index contributed by atoms with van der Waals surface area (Å²) in [4.78, 5) is 22.8. The molecular weight excluding hydrogens is 330 g/mol. The van der Waals surface area contributed by atoms with E-state index in [2.05, 4.69) is 26.0 Å². The molecule has 0 fully saturated rings. The number of thioether (sulfide) groups is 1. The Morgan fingerprint density at radius 3 is 2.74 bits per heavy atom. The van der Waals surface area contributed by atoms with E-state index >= 15 is 0 Å². The Labute approximate surface area is 125 Å². The van der Waals surface area contributed by atoms with E-state index in [1.54, 1.807) is 0 Å². The standard InChI is InChI=1S/C13H16BrNO3S/c1-9(7-13(17)18-2)19-8-12(16)15-11-6-4-3-5-10(11)14/h3-6,9H,7-8H2,1-2H3,(H,15,16). The van der Waals surface area contributed by atoms with Crippen LogP contribution in [-0.2, 0) is 14.3 Å². The predicted molar refractivity (Wildman–Crippen MR) is 81.3 cm³/mol. The SMILES string of the molecule is COC(=O)CC(C)SCC(=O)Nc1ccccc1Br. The zero-order valence-electron chi connectivity index (χ0n) is 10.8. The molecule has 0 aliphatic rings. The fraction of sp³-hybridized carbons (Fsp3) is 0.385. The van der Waals surface area contributed by atoms with Gasteiger partial charge in [0.05, 0.1) is 25.0 Å². The number of methoxy groups -OCH3 is 1. The third-order valence-electron chi connectivity index (χ3n) is 2.33. The van der Waals surface area contributed by atoms with Gasteiger partial charge in [-0.3, -0.25) is 9.59 Å². The average molecular weight is 346 g/mol. The molecule has 0 saturated carbocycles. The van der Waals surface area contributed by atoms with Crippen LogP contribution in [0.3, 0.4) is 0 Å². The third-order valence-corrected chi connectivity index (χ3v) is 4.18. The lowest BCUT2D eigenvalue weighted by Gasteiger charge is -2.10. The van der Waals surface area contributed by atoms with Gasteiger partial charge in [0.15, 0.2) is 0 Å². The van der Waals surface area contributed by atoms with Gasteiger partial charge < -0.3 is 10.1 Å². The van der Waals surface area contributed by atoms with Crippen LogP contribution < -0.4 is 5.32 Å². The number of benzene rings is 1. The van der Waals surface area contributed by atoms with Crippen molar-refractivity contribution in [1.29, 1.82) is 0 Å². The molecule has 0 aliphatic carbocycles. The number of rotatable bonds is 6.